The molecule has 210 valence electrons. The number of nitrogens with one attached hydrogen (secondary N) is 3. The number of halogens is 2. The summed E-state index contributed by atoms with van der Waals surface area (Å²) >= 11 is 0. The number of ether oxygens (including phenoxy) is 1. The first kappa shape index (κ1) is 29.8. The summed E-state index contributed by atoms with van der Waals surface area (Å²) in [6.07, 6.45) is -0.614. The van der Waals surface area contributed by atoms with Gasteiger partial charge in [0, 0.05) is 5.69 Å². The maximum absolute atomic E-state index is 13.9. The van der Waals surface area contributed by atoms with Crippen LogP contribution in [0.2, 0.25) is 0 Å². The number of rotatable bonds is 9. The zero-order chi connectivity index (χ0) is 29.6. The average Bonchev–Trinajstić information content (AvgIpc) is 2.87. The number of esters is 1. The molecule has 0 aliphatic carbocycles. The number of anilines is 2. The van der Waals surface area contributed by atoms with Crippen molar-refractivity contribution < 1.29 is 37.8 Å². The van der Waals surface area contributed by atoms with E-state index in [1.807, 2.05) is 32.9 Å². The third-order valence-corrected chi connectivity index (χ3v) is 5.96. The molecule has 0 spiro atoms. The van der Waals surface area contributed by atoms with E-state index in [1.165, 1.54) is 24.3 Å². The summed E-state index contributed by atoms with van der Waals surface area (Å²) in [6, 6.07) is 8.82. The minimum Gasteiger partial charge on any atom is -0.480 e. The van der Waals surface area contributed by atoms with Gasteiger partial charge in [0.1, 0.15) is 6.04 Å². The standard InChI is InChI=1S/C29H29F2N3O6/c1-5-40-25(35)14-24(28(37)38)32-27(36)20-8-6-19(18-7-9-21(30)22(31)12-18)13-23(20)33-29(39)34-26-16(3)10-15(2)11-17(26)4/h6-13,24H,5,14H2,1-4H3,(H,32,36)(H,37,38)(H2,33,34,39). The van der Waals surface area contributed by atoms with E-state index >= 15 is 0 Å². The van der Waals surface area contributed by atoms with Crippen molar-refractivity contribution in [3.63, 3.8) is 0 Å². The molecule has 9 nitrogen and oxygen atoms in total. The van der Waals surface area contributed by atoms with E-state index in [2.05, 4.69) is 16.0 Å². The molecule has 4 N–H and O–H groups in total. The smallest absolute Gasteiger partial charge is 0.326 e. The predicted octanol–water partition coefficient (Wildman–Crippen LogP) is 5.34. The van der Waals surface area contributed by atoms with E-state index in [4.69, 9.17) is 4.74 Å². The number of aliphatic carboxylic acids is 1. The number of benzene rings is 3. The average molecular weight is 554 g/mol. The van der Waals surface area contributed by atoms with Crippen molar-refractivity contribution in [2.45, 2.75) is 40.2 Å². The van der Waals surface area contributed by atoms with Gasteiger partial charge in [-0.2, -0.15) is 0 Å². The summed E-state index contributed by atoms with van der Waals surface area (Å²) in [6.45, 7) is 7.17. The highest BCUT2D eigenvalue weighted by Crippen LogP contribution is 2.28. The lowest BCUT2D eigenvalue weighted by Crippen LogP contribution is -2.42. The number of urea groups is 1. The Kier molecular flexibility index (Phi) is 9.54. The van der Waals surface area contributed by atoms with E-state index in [0.29, 0.717) is 11.3 Å². The van der Waals surface area contributed by atoms with Crippen molar-refractivity contribution >= 4 is 35.3 Å². The Balaban J connectivity index is 1.97. The third kappa shape index (κ3) is 7.40. The fourth-order valence-electron chi connectivity index (χ4n) is 4.17. The Bertz CT molecular complexity index is 1450. The lowest BCUT2D eigenvalue weighted by Gasteiger charge is -2.18. The van der Waals surface area contributed by atoms with Crippen LogP contribution >= 0.6 is 0 Å². The lowest BCUT2D eigenvalue weighted by molar-refractivity contribution is -0.149. The van der Waals surface area contributed by atoms with Gasteiger partial charge >= 0.3 is 18.0 Å². The molecule has 1 unspecified atom stereocenters. The Morgan fingerprint density at radius 1 is 0.875 bits per heavy atom. The number of carbonyl (C=O) groups excluding carboxylic acids is 3. The van der Waals surface area contributed by atoms with Crippen LogP contribution in [0.5, 0.6) is 0 Å². The molecule has 0 radical (unpaired) electrons. The van der Waals surface area contributed by atoms with E-state index in [0.717, 1.165) is 28.8 Å². The predicted molar refractivity (Wildman–Crippen MR) is 145 cm³/mol. The van der Waals surface area contributed by atoms with Crippen molar-refractivity contribution in [3.05, 3.63) is 82.4 Å². The second-order valence-corrected chi connectivity index (χ2v) is 9.12. The largest absolute Gasteiger partial charge is 0.480 e. The van der Waals surface area contributed by atoms with Crippen LogP contribution in [0.4, 0.5) is 25.0 Å². The Labute approximate surface area is 229 Å². The molecule has 0 heterocycles. The van der Waals surface area contributed by atoms with Crippen molar-refractivity contribution in [2.75, 3.05) is 17.2 Å². The van der Waals surface area contributed by atoms with Gasteiger partial charge in [0.25, 0.3) is 5.91 Å². The molecule has 0 saturated carbocycles. The van der Waals surface area contributed by atoms with Crippen LogP contribution in [0.1, 0.15) is 40.4 Å². The van der Waals surface area contributed by atoms with Crippen molar-refractivity contribution in [3.8, 4) is 11.1 Å². The van der Waals surface area contributed by atoms with Crippen LogP contribution < -0.4 is 16.0 Å². The molecule has 1 atom stereocenters. The second-order valence-electron chi connectivity index (χ2n) is 9.12. The molecule has 0 saturated heterocycles. The molecule has 11 heteroatoms. The minimum absolute atomic E-state index is 0.0354. The van der Waals surface area contributed by atoms with E-state index in [1.54, 1.807) is 6.92 Å². The van der Waals surface area contributed by atoms with Crippen molar-refractivity contribution in [1.82, 2.24) is 5.32 Å². The van der Waals surface area contributed by atoms with Crippen LogP contribution in [0.25, 0.3) is 11.1 Å². The number of carboxylic acids is 1. The first-order valence-electron chi connectivity index (χ1n) is 12.3. The van der Waals surface area contributed by atoms with Gasteiger partial charge < -0.3 is 25.8 Å². The van der Waals surface area contributed by atoms with Crippen LogP contribution in [-0.2, 0) is 14.3 Å². The Morgan fingerprint density at radius 3 is 2.10 bits per heavy atom. The summed E-state index contributed by atoms with van der Waals surface area (Å²) in [4.78, 5) is 49.7. The fraction of sp³-hybridized carbons (Fsp3) is 0.241. The first-order chi connectivity index (χ1) is 18.9. The van der Waals surface area contributed by atoms with E-state index in [-0.39, 0.29) is 23.4 Å². The van der Waals surface area contributed by atoms with Crippen molar-refractivity contribution in [1.29, 1.82) is 0 Å². The fourth-order valence-corrected chi connectivity index (χ4v) is 4.17. The number of carboxylic acid groups (broad SMARTS) is 1. The normalized spacial score (nSPS) is 11.3. The molecule has 3 rings (SSSR count). The minimum atomic E-state index is -1.60. The molecule has 0 aliphatic heterocycles. The second kappa shape index (κ2) is 12.8. The summed E-state index contributed by atoms with van der Waals surface area (Å²) in [5.74, 6) is -5.29. The van der Waals surface area contributed by atoms with Gasteiger partial charge in [0.15, 0.2) is 11.6 Å². The van der Waals surface area contributed by atoms with Crippen molar-refractivity contribution in [2.24, 2.45) is 0 Å². The molecule has 0 bridgehead atoms. The van der Waals surface area contributed by atoms with Gasteiger partial charge in [-0.25, -0.2) is 18.4 Å². The zero-order valence-corrected chi connectivity index (χ0v) is 22.4. The molecular formula is C29H29F2N3O6. The summed E-state index contributed by atoms with van der Waals surface area (Å²) in [5, 5.41) is 17.1. The SMILES string of the molecule is CCOC(=O)CC(NC(=O)c1ccc(-c2ccc(F)c(F)c2)cc1NC(=O)Nc1c(C)cc(C)cc1C)C(=O)O. The summed E-state index contributed by atoms with van der Waals surface area (Å²) in [5.41, 5.74) is 3.63. The van der Waals surface area contributed by atoms with Crippen LogP contribution in [0.3, 0.4) is 0 Å². The molecule has 0 aromatic heterocycles. The quantitative estimate of drug-likeness (QED) is 0.265. The van der Waals surface area contributed by atoms with Gasteiger partial charge in [0.2, 0.25) is 0 Å². The van der Waals surface area contributed by atoms with Gasteiger partial charge in [0.05, 0.1) is 24.3 Å². The Hall–Kier alpha value is -4.80. The summed E-state index contributed by atoms with van der Waals surface area (Å²) in [7, 11) is 0. The third-order valence-electron chi connectivity index (χ3n) is 5.96. The van der Waals surface area contributed by atoms with Crippen LogP contribution in [0.15, 0.2) is 48.5 Å². The van der Waals surface area contributed by atoms with Crippen LogP contribution in [0, 0.1) is 32.4 Å². The number of hydrogen-bond donors (Lipinski definition) is 4. The van der Waals surface area contributed by atoms with Gasteiger partial charge in [-0.1, -0.05) is 29.8 Å². The highest BCUT2D eigenvalue weighted by molar-refractivity contribution is 6.08. The topological polar surface area (TPSA) is 134 Å². The monoisotopic (exact) mass is 553 g/mol. The summed E-state index contributed by atoms with van der Waals surface area (Å²) < 4.78 is 32.2. The maximum atomic E-state index is 13.9. The molecule has 3 aromatic carbocycles. The molecule has 0 aliphatic rings. The molecule has 0 fully saturated rings. The number of amides is 3. The van der Waals surface area contributed by atoms with Gasteiger partial charge in [-0.3, -0.25) is 9.59 Å². The zero-order valence-electron chi connectivity index (χ0n) is 22.4. The molecule has 3 aromatic rings. The Morgan fingerprint density at radius 2 is 1.50 bits per heavy atom. The number of hydrogen-bond acceptors (Lipinski definition) is 5. The molecule has 3 amide bonds. The highest BCUT2D eigenvalue weighted by Gasteiger charge is 2.26. The number of carbonyl (C=O) groups is 4. The molecular weight excluding hydrogens is 524 g/mol. The van der Waals surface area contributed by atoms with Gasteiger partial charge in [-0.05, 0) is 74.2 Å². The van der Waals surface area contributed by atoms with E-state index in [9.17, 15) is 33.1 Å². The highest BCUT2D eigenvalue weighted by atomic mass is 19.2. The van der Waals surface area contributed by atoms with Gasteiger partial charge in [-0.15, -0.1) is 0 Å². The first-order valence-corrected chi connectivity index (χ1v) is 12.3. The number of aryl methyl sites for hydroxylation is 3. The maximum Gasteiger partial charge on any atom is 0.326 e. The molecule has 40 heavy (non-hydrogen) atoms. The lowest BCUT2D eigenvalue weighted by atomic mass is 10.0. The van der Waals surface area contributed by atoms with E-state index < -0.39 is 48.0 Å². The van der Waals surface area contributed by atoms with Crippen LogP contribution in [-0.4, -0.2) is 41.6 Å².